The molecule has 0 aliphatic rings. The summed E-state index contributed by atoms with van der Waals surface area (Å²) in [6.45, 7) is 3.52. The summed E-state index contributed by atoms with van der Waals surface area (Å²) in [4.78, 5) is 5.33. The minimum atomic E-state index is -0.000188. The number of rotatable bonds is 6. The van der Waals surface area contributed by atoms with E-state index in [1.54, 1.807) is 30.3 Å². The molecule has 8 heteroatoms. The second-order valence-electron chi connectivity index (χ2n) is 5.07. The molecule has 6 N–H and O–H groups in total. The lowest BCUT2D eigenvalue weighted by Gasteiger charge is -2.10. The number of hydrogen-bond acceptors (Lipinski definition) is 8. The molecule has 0 bridgehead atoms. The zero-order valence-electron chi connectivity index (χ0n) is 14.2. The fraction of sp³-hybridized carbons (Fsp3) is 0. The van der Waals surface area contributed by atoms with Gasteiger partial charge in [0.05, 0.1) is 15.7 Å². The van der Waals surface area contributed by atoms with E-state index >= 15 is 0 Å². The summed E-state index contributed by atoms with van der Waals surface area (Å²) in [6, 6.07) is 18.3. The first-order chi connectivity index (χ1) is 13.0. The summed E-state index contributed by atoms with van der Waals surface area (Å²) < 4.78 is 0. The maximum atomic E-state index is 9.56. The third-order valence-electron chi connectivity index (χ3n) is 3.36. The first kappa shape index (κ1) is 20.0. The molecule has 6 nitrogen and oxygen atoms in total. The van der Waals surface area contributed by atoms with Crippen LogP contribution >= 0.6 is 23.5 Å². The Hall–Kier alpha value is -3.33. The van der Waals surface area contributed by atoms with Crippen LogP contribution in [0.4, 0.5) is 11.4 Å². The largest absolute Gasteiger partial charge is 0.398 e. The Morgan fingerprint density at radius 1 is 0.852 bits per heavy atom. The van der Waals surface area contributed by atoms with Crippen molar-refractivity contribution in [3.63, 3.8) is 0 Å². The van der Waals surface area contributed by atoms with Gasteiger partial charge in [-0.15, -0.1) is 0 Å². The number of benzene rings is 2. The zero-order valence-corrected chi connectivity index (χ0v) is 15.8. The van der Waals surface area contributed by atoms with Crippen LogP contribution in [0.3, 0.4) is 0 Å². The number of allylic oxidation sites excluding steroid dienone is 2. The average molecular weight is 393 g/mol. The Kier molecular flexibility index (Phi) is 6.95. The average Bonchev–Trinajstić information content (AvgIpc) is 2.67. The van der Waals surface area contributed by atoms with E-state index in [0.717, 1.165) is 23.5 Å². The zero-order chi connectivity index (χ0) is 19.8. The van der Waals surface area contributed by atoms with E-state index in [2.05, 4.69) is 11.7 Å². The van der Waals surface area contributed by atoms with Crippen molar-refractivity contribution in [3.8, 4) is 12.1 Å². The van der Waals surface area contributed by atoms with E-state index < -0.39 is 0 Å². The van der Waals surface area contributed by atoms with E-state index in [-0.39, 0.29) is 21.2 Å². The predicted octanol–water partition coefficient (Wildman–Crippen LogP) is 3.87. The molecule has 0 radical (unpaired) electrons. The third-order valence-corrected chi connectivity index (χ3v) is 5.37. The quantitative estimate of drug-likeness (QED) is 0.223. The van der Waals surface area contributed by atoms with Crippen molar-refractivity contribution in [1.29, 1.82) is 10.5 Å². The molecule has 27 heavy (non-hydrogen) atoms. The van der Waals surface area contributed by atoms with Crippen LogP contribution in [0.5, 0.6) is 0 Å². The molecule has 0 amide bonds. The standard InChI is InChI=1S/C19H16N6S2/c1-25-15-7-3-5-9-17(15)27-19(24)13(11-21)12(10-20)18(23)26-16-8-4-2-6-14(16)22/h2-9H,1,22-24H2/b18-12+,19-13+. The maximum absolute atomic E-state index is 9.56. The molecule has 134 valence electrons. The van der Waals surface area contributed by atoms with Crippen LogP contribution in [0.2, 0.25) is 0 Å². The van der Waals surface area contributed by atoms with Crippen LogP contribution in [-0.4, -0.2) is 6.72 Å². The van der Waals surface area contributed by atoms with Crippen LogP contribution in [0, 0.1) is 22.7 Å². The Labute approximate surface area is 166 Å². The Morgan fingerprint density at radius 3 is 1.85 bits per heavy atom. The molecular weight excluding hydrogens is 376 g/mol. The number of nitrogen functional groups attached to an aromatic ring is 1. The van der Waals surface area contributed by atoms with E-state index in [1.807, 2.05) is 30.3 Å². The summed E-state index contributed by atoms with van der Waals surface area (Å²) in [5.41, 5.74) is 19.2. The lowest BCUT2D eigenvalue weighted by molar-refractivity contribution is 1.33. The topological polar surface area (TPSA) is 138 Å². The highest BCUT2D eigenvalue weighted by Crippen LogP contribution is 2.36. The van der Waals surface area contributed by atoms with Gasteiger partial charge in [0, 0.05) is 15.5 Å². The summed E-state index contributed by atoms with van der Waals surface area (Å²) >= 11 is 2.23. The number of nitriles is 2. The van der Waals surface area contributed by atoms with Crippen LogP contribution in [0.25, 0.3) is 0 Å². The van der Waals surface area contributed by atoms with Crippen molar-refractivity contribution in [1.82, 2.24) is 0 Å². The summed E-state index contributed by atoms with van der Waals surface area (Å²) in [7, 11) is 0. The second kappa shape index (κ2) is 9.39. The van der Waals surface area contributed by atoms with E-state index in [1.165, 1.54) is 0 Å². The molecule has 0 aliphatic carbocycles. The highest BCUT2D eigenvalue weighted by molar-refractivity contribution is 8.03. The molecule has 0 aromatic heterocycles. The fourth-order valence-electron chi connectivity index (χ4n) is 2.05. The molecule has 0 fully saturated rings. The van der Waals surface area contributed by atoms with Crippen LogP contribution in [0.15, 0.2) is 84.5 Å². The highest BCUT2D eigenvalue weighted by Gasteiger charge is 2.17. The lowest BCUT2D eigenvalue weighted by Crippen LogP contribution is -2.05. The van der Waals surface area contributed by atoms with Gasteiger partial charge in [0.25, 0.3) is 0 Å². The molecular formula is C19H16N6S2. The van der Waals surface area contributed by atoms with Crippen molar-refractivity contribution in [2.24, 2.45) is 16.5 Å². The molecule has 2 rings (SSSR count). The molecule has 0 atom stereocenters. The van der Waals surface area contributed by atoms with Gasteiger partial charge in [0.2, 0.25) is 0 Å². The second-order valence-corrected chi connectivity index (χ2v) is 7.24. The number of nitrogens with zero attached hydrogens (tertiary/aromatic N) is 3. The molecule has 0 saturated heterocycles. The fourth-order valence-corrected chi connectivity index (χ4v) is 3.74. The van der Waals surface area contributed by atoms with Crippen molar-refractivity contribution >= 4 is 41.6 Å². The van der Waals surface area contributed by atoms with Gasteiger partial charge >= 0.3 is 0 Å². The summed E-state index contributed by atoms with van der Waals surface area (Å²) in [6.07, 6.45) is 0. The molecule has 0 unspecified atom stereocenters. The van der Waals surface area contributed by atoms with Crippen molar-refractivity contribution in [2.75, 3.05) is 5.73 Å². The van der Waals surface area contributed by atoms with Gasteiger partial charge in [-0.2, -0.15) is 10.5 Å². The van der Waals surface area contributed by atoms with Gasteiger partial charge < -0.3 is 17.2 Å². The molecule has 0 heterocycles. The number of para-hydroxylation sites is 2. The molecule has 2 aromatic rings. The number of anilines is 1. The van der Waals surface area contributed by atoms with Crippen LogP contribution < -0.4 is 17.2 Å². The molecule has 2 aromatic carbocycles. The summed E-state index contributed by atoms with van der Waals surface area (Å²) in [5.74, 6) is 0. The Balaban J connectivity index is 2.44. The maximum Gasteiger partial charge on any atom is 0.103 e. The lowest BCUT2D eigenvalue weighted by atomic mass is 10.1. The number of hydrogen-bond donors (Lipinski definition) is 3. The van der Waals surface area contributed by atoms with Crippen LogP contribution in [-0.2, 0) is 0 Å². The first-order valence-corrected chi connectivity index (χ1v) is 9.21. The number of nitrogens with two attached hydrogens (primary N) is 3. The van der Waals surface area contributed by atoms with Gasteiger partial charge in [-0.1, -0.05) is 47.8 Å². The Morgan fingerprint density at radius 2 is 1.33 bits per heavy atom. The van der Waals surface area contributed by atoms with Crippen molar-refractivity contribution < 1.29 is 0 Å². The van der Waals surface area contributed by atoms with Crippen molar-refractivity contribution in [3.05, 3.63) is 69.7 Å². The van der Waals surface area contributed by atoms with Gasteiger partial charge in [-0.3, -0.25) is 4.99 Å². The first-order valence-electron chi connectivity index (χ1n) is 7.57. The predicted molar refractivity (Wildman–Crippen MR) is 112 cm³/mol. The van der Waals surface area contributed by atoms with Crippen LogP contribution in [0.1, 0.15) is 0 Å². The Bertz CT molecular complexity index is 1010. The monoisotopic (exact) mass is 392 g/mol. The SMILES string of the molecule is C=Nc1ccccc1S/C(N)=C(C#N)/C(C#N)=C(\N)Sc1ccccc1N. The van der Waals surface area contributed by atoms with Gasteiger partial charge in [0.1, 0.15) is 23.3 Å². The summed E-state index contributed by atoms with van der Waals surface area (Å²) in [5, 5.41) is 19.4. The molecule has 0 spiro atoms. The molecule has 0 saturated carbocycles. The van der Waals surface area contributed by atoms with Gasteiger partial charge in [-0.05, 0) is 31.0 Å². The number of aliphatic imine (C=N–C) groups is 1. The minimum absolute atomic E-state index is 0.000188. The molecule has 0 aliphatic heterocycles. The normalized spacial score (nSPS) is 12.2. The van der Waals surface area contributed by atoms with E-state index in [4.69, 9.17) is 17.2 Å². The highest BCUT2D eigenvalue weighted by atomic mass is 32.2. The minimum Gasteiger partial charge on any atom is -0.398 e. The van der Waals surface area contributed by atoms with E-state index in [0.29, 0.717) is 21.2 Å². The van der Waals surface area contributed by atoms with Gasteiger partial charge in [0.15, 0.2) is 0 Å². The van der Waals surface area contributed by atoms with Crippen molar-refractivity contribution in [2.45, 2.75) is 9.79 Å². The smallest absolute Gasteiger partial charge is 0.103 e. The third kappa shape index (κ3) is 4.85. The number of thioether (sulfide) groups is 2. The van der Waals surface area contributed by atoms with E-state index in [9.17, 15) is 10.5 Å². The van der Waals surface area contributed by atoms with Gasteiger partial charge in [-0.25, -0.2) is 0 Å².